The lowest BCUT2D eigenvalue weighted by molar-refractivity contribution is 0.281. The van der Waals surface area contributed by atoms with E-state index in [4.69, 9.17) is 5.11 Å². The second-order valence-corrected chi connectivity index (χ2v) is 5.45. The normalized spacial score (nSPS) is 10.5. The van der Waals surface area contributed by atoms with Gasteiger partial charge in [-0.1, -0.05) is 22.0 Å². The summed E-state index contributed by atoms with van der Waals surface area (Å²) in [4.78, 5) is 9.51. The lowest BCUT2D eigenvalue weighted by atomic mass is 10.2. The number of rotatable bonds is 3. The van der Waals surface area contributed by atoms with Crippen LogP contribution < -0.4 is 0 Å². The van der Waals surface area contributed by atoms with Gasteiger partial charge in [-0.25, -0.2) is 9.97 Å². The third kappa shape index (κ3) is 3.28. The van der Waals surface area contributed by atoms with E-state index < -0.39 is 0 Å². The molecule has 0 amide bonds. The largest absolute Gasteiger partial charge is 0.392 e. The highest BCUT2D eigenvalue weighted by Crippen LogP contribution is 2.28. The van der Waals surface area contributed by atoms with Crippen molar-refractivity contribution in [2.75, 3.05) is 0 Å². The molecular weight excluding hydrogens is 300 g/mol. The second kappa shape index (κ2) is 5.62. The smallest absolute Gasteiger partial charge is 0.192 e. The summed E-state index contributed by atoms with van der Waals surface area (Å²) in [5.74, 6) is 0. The van der Waals surface area contributed by atoms with Crippen molar-refractivity contribution in [3.8, 4) is 0 Å². The Morgan fingerprint density at radius 2 is 2.00 bits per heavy atom. The van der Waals surface area contributed by atoms with Gasteiger partial charge in [-0.05, 0) is 41.9 Å². The molecule has 0 aliphatic heterocycles. The van der Waals surface area contributed by atoms with E-state index in [1.54, 1.807) is 12.4 Å². The number of nitrogens with zero attached hydrogens (tertiary/aromatic N) is 2. The minimum absolute atomic E-state index is 0.0343. The molecule has 0 unspecified atom stereocenters. The zero-order chi connectivity index (χ0) is 12.3. The lowest BCUT2D eigenvalue weighted by Gasteiger charge is -2.04. The monoisotopic (exact) mass is 310 g/mol. The summed E-state index contributed by atoms with van der Waals surface area (Å²) in [5.41, 5.74) is 1.92. The SMILES string of the molecule is Cc1cnc(Sc2ccc(CO)c(Br)c2)nc1. The van der Waals surface area contributed by atoms with Crippen molar-refractivity contribution in [2.24, 2.45) is 0 Å². The molecule has 0 bridgehead atoms. The van der Waals surface area contributed by atoms with Crippen LogP contribution in [0.15, 0.2) is 45.1 Å². The Morgan fingerprint density at radius 3 is 2.59 bits per heavy atom. The maximum atomic E-state index is 9.07. The summed E-state index contributed by atoms with van der Waals surface area (Å²) in [5, 5.41) is 9.79. The van der Waals surface area contributed by atoms with E-state index in [2.05, 4.69) is 25.9 Å². The maximum Gasteiger partial charge on any atom is 0.192 e. The number of aromatic nitrogens is 2. The fourth-order valence-electron chi connectivity index (χ4n) is 1.26. The van der Waals surface area contributed by atoms with Gasteiger partial charge in [0.05, 0.1) is 6.61 Å². The van der Waals surface area contributed by atoms with Crippen molar-refractivity contribution >= 4 is 27.7 Å². The molecule has 2 rings (SSSR count). The Labute approximate surface area is 112 Å². The summed E-state index contributed by atoms with van der Waals surface area (Å²) in [6.07, 6.45) is 3.60. The molecule has 1 heterocycles. The van der Waals surface area contributed by atoms with Gasteiger partial charge in [0, 0.05) is 21.8 Å². The van der Waals surface area contributed by atoms with Gasteiger partial charge in [-0.2, -0.15) is 0 Å². The molecule has 1 N–H and O–H groups in total. The van der Waals surface area contributed by atoms with Crippen molar-refractivity contribution in [3.05, 3.63) is 46.2 Å². The molecule has 0 saturated heterocycles. The summed E-state index contributed by atoms with van der Waals surface area (Å²) in [6.45, 7) is 1.99. The average molecular weight is 311 g/mol. The number of halogens is 1. The molecule has 0 atom stereocenters. The molecule has 88 valence electrons. The Hall–Kier alpha value is -0.910. The van der Waals surface area contributed by atoms with Crippen molar-refractivity contribution in [1.29, 1.82) is 0 Å². The predicted molar refractivity (Wildman–Crippen MR) is 71.0 cm³/mol. The molecule has 2 aromatic rings. The molecule has 17 heavy (non-hydrogen) atoms. The van der Waals surface area contributed by atoms with Crippen molar-refractivity contribution in [1.82, 2.24) is 9.97 Å². The van der Waals surface area contributed by atoms with E-state index in [0.717, 1.165) is 25.7 Å². The molecule has 0 aliphatic carbocycles. The molecule has 1 aromatic heterocycles. The summed E-state index contributed by atoms with van der Waals surface area (Å²) in [7, 11) is 0. The Morgan fingerprint density at radius 1 is 1.29 bits per heavy atom. The van der Waals surface area contributed by atoms with Crippen LogP contribution >= 0.6 is 27.7 Å². The van der Waals surface area contributed by atoms with Gasteiger partial charge in [-0.15, -0.1) is 0 Å². The zero-order valence-electron chi connectivity index (χ0n) is 9.22. The predicted octanol–water partition coefficient (Wildman–Crippen LogP) is 3.19. The Bertz CT molecular complexity index is 516. The highest BCUT2D eigenvalue weighted by molar-refractivity contribution is 9.10. The van der Waals surface area contributed by atoms with E-state index in [-0.39, 0.29) is 6.61 Å². The minimum Gasteiger partial charge on any atom is -0.392 e. The highest BCUT2D eigenvalue weighted by Gasteiger charge is 2.03. The molecule has 1 aromatic carbocycles. The second-order valence-electron chi connectivity index (χ2n) is 3.56. The molecule has 0 fully saturated rings. The van der Waals surface area contributed by atoms with E-state index >= 15 is 0 Å². The average Bonchev–Trinajstić information content (AvgIpc) is 2.32. The van der Waals surface area contributed by atoms with E-state index in [0.29, 0.717) is 0 Å². The van der Waals surface area contributed by atoms with E-state index in [1.807, 2.05) is 25.1 Å². The molecular formula is C12H11BrN2OS. The lowest BCUT2D eigenvalue weighted by Crippen LogP contribution is -1.88. The molecule has 0 saturated carbocycles. The first-order chi connectivity index (χ1) is 8.19. The topological polar surface area (TPSA) is 46.0 Å². The molecule has 0 spiro atoms. The number of hydrogen-bond acceptors (Lipinski definition) is 4. The number of hydrogen-bond donors (Lipinski definition) is 1. The highest BCUT2D eigenvalue weighted by atomic mass is 79.9. The molecule has 0 aliphatic rings. The quantitative estimate of drug-likeness (QED) is 0.884. The van der Waals surface area contributed by atoms with Gasteiger partial charge in [0.2, 0.25) is 0 Å². The first kappa shape index (κ1) is 12.5. The zero-order valence-corrected chi connectivity index (χ0v) is 11.6. The first-order valence-corrected chi connectivity index (χ1v) is 6.66. The number of aliphatic hydroxyl groups excluding tert-OH is 1. The van der Waals surface area contributed by atoms with Gasteiger partial charge in [0.15, 0.2) is 5.16 Å². The van der Waals surface area contributed by atoms with Crippen LogP contribution in [0.4, 0.5) is 0 Å². The summed E-state index contributed by atoms with van der Waals surface area (Å²) in [6, 6.07) is 5.80. The first-order valence-electron chi connectivity index (χ1n) is 5.05. The third-order valence-corrected chi connectivity index (χ3v) is 3.78. The summed E-state index contributed by atoms with van der Waals surface area (Å²) >= 11 is 4.91. The van der Waals surface area contributed by atoms with Crippen LogP contribution in [-0.4, -0.2) is 15.1 Å². The van der Waals surface area contributed by atoms with Crippen LogP contribution in [-0.2, 0) is 6.61 Å². The fraction of sp³-hybridized carbons (Fsp3) is 0.167. The van der Waals surface area contributed by atoms with E-state index in [9.17, 15) is 0 Å². The van der Waals surface area contributed by atoms with Gasteiger partial charge in [0.1, 0.15) is 0 Å². The fourth-order valence-corrected chi connectivity index (χ4v) is 2.65. The molecule has 3 nitrogen and oxygen atoms in total. The molecule has 5 heteroatoms. The van der Waals surface area contributed by atoms with Gasteiger partial charge >= 0.3 is 0 Å². The molecule has 0 radical (unpaired) electrons. The van der Waals surface area contributed by atoms with Crippen molar-refractivity contribution < 1.29 is 5.11 Å². The standard InChI is InChI=1S/C12H11BrN2OS/c1-8-5-14-12(15-6-8)17-10-3-2-9(7-16)11(13)4-10/h2-6,16H,7H2,1H3. The van der Waals surface area contributed by atoms with Crippen molar-refractivity contribution in [3.63, 3.8) is 0 Å². The van der Waals surface area contributed by atoms with Crippen LogP contribution in [0.25, 0.3) is 0 Å². The van der Waals surface area contributed by atoms with E-state index in [1.165, 1.54) is 11.8 Å². The number of benzene rings is 1. The Balaban J connectivity index is 2.19. The van der Waals surface area contributed by atoms with Crippen LogP contribution in [0.5, 0.6) is 0 Å². The maximum absolute atomic E-state index is 9.07. The van der Waals surface area contributed by atoms with Crippen molar-refractivity contribution in [2.45, 2.75) is 23.6 Å². The van der Waals surface area contributed by atoms with Gasteiger partial charge in [0.25, 0.3) is 0 Å². The third-order valence-electron chi connectivity index (χ3n) is 2.16. The van der Waals surface area contributed by atoms with Crippen LogP contribution in [0, 0.1) is 6.92 Å². The summed E-state index contributed by atoms with van der Waals surface area (Å²) < 4.78 is 0.900. The van der Waals surface area contributed by atoms with Gasteiger partial charge in [-0.3, -0.25) is 0 Å². The van der Waals surface area contributed by atoms with Gasteiger partial charge < -0.3 is 5.11 Å². The van der Waals surface area contributed by atoms with Crippen LogP contribution in [0.2, 0.25) is 0 Å². The minimum atomic E-state index is 0.0343. The Kier molecular flexibility index (Phi) is 4.15. The van der Waals surface area contributed by atoms with Crippen LogP contribution in [0.3, 0.4) is 0 Å². The number of aryl methyl sites for hydroxylation is 1. The van der Waals surface area contributed by atoms with Crippen LogP contribution in [0.1, 0.15) is 11.1 Å². The number of aliphatic hydroxyl groups is 1.